The van der Waals surface area contributed by atoms with E-state index in [0.29, 0.717) is 5.82 Å². The highest BCUT2D eigenvalue weighted by Gasteiger charge is 2.52. The van der Waals surface area contributed by atoms with Gasteiger partial charge in [0.2, 0.25) is 5.91 Å². The molecular formula is C16H22BN3O3. The second kappa shape index (κ2) is 5.07. The first-order chi connectivity index (χ1) is 10.6. The van der Waals surface area contributed by atoms with Crippen molar-refractivity contribution in [3.63, 3.8) is 0 Å². The summed E-state index contributed by atoms with van der Waals surface area (Å²) in [5, 5.41) is 3.68. The zero-order chi connectivity index (χ0) is 17.0. The fraction of sp³-hybridized carbons (Fsp3) is 0.500. The van der Waals surface area contributed by atoms with E-state index in [1.165, 1.54) is 6.92 Å². The van der Waals surface area contributed by atoms with Crippen LogP contribution in [0.2, 0.25) is 0 Å². The van der Waals surface area contributed by atoms with E-state index in [-0.39, 0.29) is 5.91 Å². The lowest BCUT2D eigenvalue weighted by Gasteiger charge is -2.32. The summed E-state index contributed by atoms with van der Waals surface area (Å²) in [6.07, 6.45) is 3.74. The monoisotopic (exact) mass is 315 g/mol. The van der Waals surface area contributed by atoms with E-state index in [4.69, 9.17) is 9.31 Å². The number of pyridine rings is 1. The molecule has 3 heterocycles. The molecular weight excluding hydrogens is 293 g/mol. The van der Waals surface area contributed by atoms with Gasteiger partial charge in [-0.2, -0.15) is 0 Å². The van der Waals surface area contributed by atoms with Crippen LogP contribution in [-0.4, -0.2) is 33.8 Å². The fourth-order valence-electron chi connectivity index (χ4n) is 2.71. The summed E-state index contributed by atoms with van der Waals surface area (Å²) in [5.74, 6) is 0.374. The van der Waals surface area contributed by atoms with E-state index >= 15 is 0 Å². The van der Waals surface area contributed by atoms with Crippen molar-refractivity contribution >= 4 is 35.2 Å². The molecule has 6 nitrogen and oxygen atoms in total. The SMILES string of the molecule is CC(=O)Nc1cc2c(B3OC(C)(C)C(C)(C)O3)cn(C)c2cn1. The Bertz CT molecular complexity index is 766. The molecule has 0 saturated carbocycles. The van der Waals surface area contributed by atoms with Crippen molar-refractivity contribution in [2.24, 2.45) is 7.05 Å². The standard InChI is InChI=1S/C16H22BN3O3/c1-10(21)19-14-7-11-12(9-20(6)13(11)8-18-14)17-22-15(2,3)16(4,5)23-17/h7-9H,1-6H3,(H,18,19,21). The third-order valence-corrected chi connectivity index (χ3v) is 4.72. The molecule has 0 radical (unpaired) electrons. The van der Waals surface area contributed by atoms with Crippen molar-refractivity contribution < 1.29 is 14.1 Å². The summed E-state index contributed by atoms with van der Waals surface area (Å²) in [7, 11) is 1.51. The third-order valence-electron chi connectivity index (χ3n) is 4.72. The van der Waals surface area contributed by atoms with Crippen molar-refractivity contribution in [3.05, 3.63) is 18.5 Å². The van der Waals surface area contributed by atoms with Gasteiger partial charge in [-0.05, 0) is 33.8 Å². The molecule has 0 aliphatic carbocycles. The van der Waals surface area contributed by atoms with E-state index in [0.717, 1.165) is 16.4 Å². The Labute approximate surface area is 136 Å². The van der Waals surface area contributed by atoms with Gasteiger partial charge >= 0.3 is 7.12 Å². The smallest absolute Gasteiger partial charge is 0.399 e. The lowest BCUT2D eigenvalue weighted by atomic mass is 9.79. The molecule has 1 amide bonds. The zero-order valence-electron chi connectivity index (χ0n) is 14.4. The number of aromatic nitrogens is 2. The molecule has 0 atom stereocenters. The summed E-state index contributed by atoms with van der Waals surface area (Å²) >= 11 is 0. The number of amides is 1. The Hall–Kier alpha value is -1.86. The zero-order valence-corrected chi connectivity index (χ0v) is 14.4. The maximum Gasteiger partial charge on any atom is 0.497 e. The molecule has 1 fully saturated rings. The first-order valence-corrected chi connectivity index (χ1v) is 7.69. The van der Waals surface area contributed by atoms with Crippen LogP contribution in [0, 0.1) is 0 Å². The van der Waals surface area contributed by atoms with Gasteiger partial charge in [-0.25, -0.2) is 4.98 Å². The molecule has 1 N–H and O–H groups in total. The Morgan fingerprint density at radius 2 is 1.87 bits per heavy atom. The number of carbonyl (C=O) groups excluding carboxylic acids is 1. The molecule has 0 unspecified atom stereocenters. The van der Waals surface area contributed by atoms with Gasteiger partial charge in [0.25, 0.3) is 0 Å². The van der Waals surface area contributed by atoms with Crippen molar-refractivity contribution in [2.45, 2.75) is 45.8 Å². The summed E-state index contributed by atoms with van der Waals surface area (Å²) in [6, 6.07) is 1.86. The molecule has 3 rings (SSSR count). The number of hydrogen-bond acceptors (Lipinski definition) is 4. The highest BCUT2D eigenvalue weighted by Crippen LogP contribution is 2.37. The summed E-state index contributed by atoms with van der Waals surface area (Å²) in [5.41, 5.74) is 1.11. The van der Waals surface area contributed by atoms with Crippen molar-refractivity contribution in [1.29, 1.82) is 0 Å². The maximum atomic E-state index is 11.3. The maximum absolute atomic E-state index is 11.3. The van der Waals surface area contributed by atoms with Crippen LogP contribution in [0.3, 0.4) is 0 Å². The summed E-state index contributed by atoms with van der Waals surface area (Å²) in [4.78, 5) is 15.5. The first kappa shape index (κ1) is 16.0. The van der Waals surface area contributed by atoms with Crippen LogP contribution in [0.25, 0.3) is 10.9 Å². The topological polar surface area (TPSA) is 65.4 Å². The highest BCUT2D eigenvalue weighted by molar-refractivity contribution is 6.65. The molecule has 2 aromatic rings. The first-order valence-electron chi connectivity index (χ1n) is 7.69. The van der Waals surface area contributed by atoms with E-state index in [9.17, 15) is 4.79 Å². The number of aryl methyl sites for hydroxylation is 1. The summed E-state index contributed by atoms with van der Waals surface area (Å²) < 4.78 is 14.3. The second-order valence-electron chi connectivity index (χ2n) is 7.05. The molecule has 122 valence electrons. The third kappa shape index (κ3) is 2.64. The fourth-order valence-corrected chi connectivity index (χ4v) is 2.71. The highest BCUT2D eigenvalue weighted by atomic mass is 16.7. The molecule has 0 spiro atoms. The Kier molecular flexibility index (Phi) is 3.53. The number of rotatable bonds is 2. The van der Waals surface area contributed by atoms with E-state index in [1.807, 2.05) is 51.6 Å². The van der Waals surface area contributed by atoms with Gasteiger partial charge in [0.05, 0.1) is 22.9 Å². The predicted octanol–water partition coefficient (Wildman–Crippen LogP) is 1.83. The average molecular weight is 315 g/mol. The normalized spacial score (nSPS) is 19.3. The minimum atomic E-state index is -0.448. The number of carbonyl (C=O) groups is 1. The van der Waals surface area contributed by atoms with Crippen LogP contribution in [-0.2, 0) is 21.2 Å². The van der Waals surface area contributed by atoms with Gasteiger partial charge in [-0.1, -0.05) is 0 Å². The van der Waals surface area contributed by atoms with Gasteiger partial charge in [-0.3, -0.25) is 4.79 Å². The molecule has 7 heteroatoms. The van der Waals surface area contributed by atoms with E-state index < -0.39 is 18.3 Å². The Balaban J connectivity index is 2.06. The number of hydrogen-bond donors (Lipinski definition) is 1. The molecule has 0 aromatic carbocycles. The lowest BCUT2D eigenvalue weighted by Crippen LogP contribution is -2.41. The molecule has 1 aliphatic heterocycles. The molecule has 2 aromatic heterocycles. The molecule has 23 heavy (non-hydrogen) atoms. The van der Waals surface area contributed by atoms with Crippen LogP contribution in [0.15, 0.2) is 18.5 Å². The van der Waals surface area contributed by atoms with Crippen LogP contribution < -0.4 is 10.8 Å². The van der Waals surface area contributed by atoms with E-state index in [1.54, 1.807) is 6.20 Å². The van der Waals surface area contributed by atoms with Gasteiger partial charge in [0, 0.05) is 31.0 Å². The summed E-state index contributed by atoms with van der Waals surface area (Å²) in [6.45, 7) is 9.59. The quantitative estimate of drug-likeness (QED) is 0.859. The van der Waals surface area contributed by atoms with Gasteiger partial charge < -0.3 is 19.2 Å². The number of nitrogens with zero attached hydrogens (tertiary/aromatic N) is 2. The Morgan fingerprint density at radius 1 is 1.26 bits per heavy atom. The number of fused-ring (bicyclic) bond motifs is 1. The van der Waals surface area contributed by atoms with E-state index in [2.05, 4.69) is 10.3 Å². The Morgan fingerprint density at radius 3 is 2.43 bits per heavy atom. The van der Waals surface area contributed by atoms with Crippen molar-refractivity contribution in [3.8, 4) is 0 Å². The molecule has 1 aliphatic rings. The van der Waals surface area contributed by atoms with Crippen molar-refractivity contribution in [1.82, 2.24) is 9.55 Å². The minimum Gasteiger partial charge on any atom is -0.399 e. The van der Waals surface area contributed by atoms with Crippen LogP contribution >= 0.6 is 0 Å². The van der Waals surface area contributed by atoms with Crippen LogP contribution in [0.5, 0.6) is 0 Å². The largest absolute Gasteiger partial charge is 0.497 e. The van der Waals surface area contributed by atoms with Crippen LogP contribution in [0.1, 0.15) is 34.6 Å². The average Bonchev–Trinajstić information content (AvgIpc) is 2.83. The van der Waals surface area contributed by atoms with Crippen LogP contribution in [0.4, 0.5) is 5.82 Å². The predicted molar refractivity (Wildman–Crippen MR) is 90.7 cm³/mol. The van der Waals surface area contributed by atoms with Gasteiger partial charge in [0.1, 0.15) is 5.82 Å². The number of nitrogens with one attached hydrogen (secondary N) is 1. The number of anilines is 1. The van der Waals surface area contributed by atoms with Gasteiger partial charge in [-0.15, -0.1) is 0 Å². The molecule has 0 bridgehead atoms. The second-order valence-corrected chi connectivity index (χ2v) is 7.05. The lowest BCUT2D eigenvalue weighted by molar-refractivity contribution is -0.114. The van der Waals surface area contributed by atoms with Gasteiger partial charge in [0.15, 0.2) is 0 Å². The van der Waals surface area contributed by atoms with Crippen molar-refractivity contribution in [2.75, 3.05) is 5.32 Å². The molecule has 1 saturated heterocycles. The minimum absolute atomic E-state index is 0.148.